The molecule has 0 fully saturated rings. The molecule has 3 amide bonds. The van der Waals surface area contributed by atoms with Gasteiger partial charge >= 0.3 is 6.03 Å². The molecule has 1 unspecified atom stereocenters. The molecule has 7 nitrogen and oxygen atoms in total. The fourth-order valence-electron chi connectivity index (χ4n) is 3.50. The minimum atomic E-state index is -0.769. The van der Waals surface area contributed by atoms with E-state index >= 15 is 0 Å². The van der Waals surface area contributed by atoms with E-state index in [1.54, 1.807) is 4.90 Å². The Balaban J connectivity index is 1.79. The molecule has 0 bridgehead atoms. The average molecular weight is 412 g/mol. The van der Waals surface area contributed by atoms with Crippen molar-refractivity contribution in [3.63, 3.8) is 0 Å². The van der Waals surface area contributed by atoms with Crippen molar-refractivity contribution >= 4 is 23.3 Å². The molecule has 0 spiro atoms. The molecule has 1 aliphatic heterocycles. The van der Waals surface area contributed by atoms with E-state index in [0.717, 1.165) is 22.4 Å². The monoisotopic (exact) mass is 411 g/mol. The third kappa shape index (κ3) is 4.98. The van der Waals surface area contributed by atoms with E-state index in [2.05, 4.69) is 10.6 Å². The molecule has 0 aliphatic carbocycles. The molecule has 7 heteroatoms. The summed E-state index contributed by atoms with van der Waals surface area (Å²) in [6.45, 7) is 8.92. The number of carbonyl (C=O) groups is 2. The highest BCUT2D eigenvalue weighted by molar-refractivity contribution is 6.07. The SMILES string of the molecule is CCOC(CN1C(=O)C(NC(=O)Nc2ccc(C)cc2)c2cc(C)ccc21)OCC. The first-order valence-corrected chi connectivity index (χ1v) is 10.2. The number of hydrogen-bond donors (Lipinski definition) is 2. The second-order valence-corrected chi connectivity index (χ2v) is 7.25. The molecule has 1 atom stereocenters. The van der Waals surface area contributed by atoms with E-state index in [-0.39, 0.29) is 12.5 Å². The number of urea groups is 1. The van der Waals surface area contributed by atoms with Crippen LogP contribution in [0.15, 0.2) is 42.5 Å². The second kappa shape index (κ2) is 9.73. The van der Waals surface area contributed by atoms with Gasteiger partial charge in [0.05, 0.1) is 6.54 Å². The summed E-state index contributed by atoms with van der Waals surface area (Å²) in [5, 5.41) is 5.61. The number of anilines is 2. The molecular weight excluding hydrogens is 382 g/mol. The number of ether oxygens (including phenoxy) is 2. The number of nitrogens with one attached hydrogen (secondary N) is 2. The maximum atomic E-state index is 13.2. The maximum absolute atomic E-state index is 13.2. The second-order valence-electron chi connectivity index (χ2n) is 7.25. The van der Waals surface area contributed by atoms with Gasteiger partial charge in [0.1, 0.15) is 6.04 Å². The van der Waals surface area contributed by atoms with Gasteiger partial charge in [0.2, 0.25) is 0 Å². The first-order chi connectivity index (χ1) is 14.4. The zero-order valence-corrected chi connectivity index (χ0v) is 17.9. The summed E-state index contributed by atoms with van der Waals surface area (Å²) >= 11 is 0. The van der Waals surface area contributed by atoms with Crippen LogP contribution in [0.1, 0.15) is 36.6 Å². The lowest BCUT2D eigenvalue weighted by Crippen LogP contribution is -2.43. The Bertz CT molecular complexity index is 892. The van der Waals surface area contributed by atoms with Crippen molar-refractivity contribution in [1.82, 2.24) is 5.32 Å². The van der Waals surface area contributed by atoms with Gasteiger partial charge in [-0.3, -0.25) is 4.79 Å². The first-order valence-electron chi connectivity index (χ1n) is 10.2. The van der Waals surface area contributed by atoms with Gasteiger partial charge in [-0.1, -0.05) is 35.4 Å². The number of amides is 3. The molecule has 30 heavy (non-hydrogen) atoms. The number of aryl methyl sites for hydroxylation is 2. The lowest BCUT2D eigenvalue weighted by molar-refractivity contribution is -0.135. The molecule has 160 valence electrons. The standard InChI is InChI=1S/C23H29N3O4/c1-5-29-20(30-6-2)14-26-19-12-9-16(4)13-18(19)21(22(26)27)25-23(28)24-17-10-7-15(3)8-11-17/h7-13,20-21H,5-6,14H2,1-4H3,(H2,24,25,28). The Labute approximate surface area is 177 Å². The molecular formula is C23H29N3O4. The summed E-state index contributed by atoms with van der Waals surface area (Å²) < 4.78 is 11.2. The van der Waals surface area contributed by atoms with E-state index in [9.17, 15) is 9.59 Å². The minimum absolute atomic E-state index is 0.209. The summed E-state index contributed by atoms with van der Waals surface area (Å²) in [6, 6.07) is 12.1. The van der Waals surface area contributed by atoms with Gasteiger partial charge in [0, 0.05) is 30.2 Å². The van der Waals surface area contributed by atoms with E-state index in [4.69, 9.17) is 9.47 Å². The van der Waals surface area contributed by atoms with Gasteiger partial charge in [-0.05, 0) is 45.9 Å². The van der Waals surface area contributed by atoms with Crippen LogP contribution in [0, 0.1) is 13.8 Å². The molecule has 3 rings (SSSR count). The molecule has 1 aliphatic rings. The third-order valence-electron chi connectivity index (χ3n) is 4.92. The predicted octanol–water partition coefficient (Wildman–Crippen LogP) is 3.91. The van der Waals surface area contributed by atoms with Gasteiger partial charge in [-0.25, -0.2) is 4.79 Å². The first kappa shape index (κ1) is 21.8. The van der Waals surface area contributed by atoms with Gasteiger partial charge in [0.15, 0.2) is 6.29 Å². The number of nitrogens with zero attached hydrogens (tertiary/aromatic N) is 1. The van der Waals surface area contributed by atoms with Crippen LogP contribution in [-0.2, 0) is 14.3 Å². The summed E-state index contributed by atoms with van der Waals surface area (Å²) in [4.78, 5) is 27.4. The third-order valence-corrected chi connectivity index (χ3v) is 4.92. The van der Waals surface area contributed by atoms with E-state index in [1.165, 1.54) is 0 Å². The minimum Gasteiger partial charge on any atom is -0.351 e. The quantitative estimate of drug-likeness (QED) is 0.646. The van der Waals surface area contributed by atoms with Crippen molar-refractivity contribution in [3.8, 4) is 0 Å². The fraction of sp³-hybridized carbons (Fsp3) is 0.391. The lowest BCUT2D eigenvalue weighted by atomic mass is 10.1. The fourth-order valence-corrected chi connectivity index (χ4v) is 3.50. The lowest BCUT2D eigenvalue weighted by Gasteiger charge is -2.24. The Morgan fingerprint density at radius 2 is 1.67 bits per heavy atom. The average Bonchev–Trinajstić information content (AvgIpc) is 2.95. The van der Waals surface area contributed by atoms with Crippen LogP contribution in [0.3, 0.4) is 0 Å². The van der Waals surface area contributed by atoms with Crippen molar-refractivity contribution in [2.45, 2.75) is 40.0 Å². The molecule has 1 heterocycles. The highest BCUT2D eigenvalue weighted by Crippen LogP contribution is 2.37. The Kier molecular flexibility index (Phi) is 7.07. The van der Waals surface area contributed by atoms with Gasteiger partial charge < -0.3 is 25.0 Å². The normalized spacial score (nSPS) is 15.4. The van der Waals surface area contributed by atoms with Crippen LogP contribution in [-0.4, -0.2) is 38.0 Å². The van der Waals surface area contributed by atoms with Crippen LogP contribution in [0.25, 0.3) is 0 Å². The van der Waals surface area contributed by atoms with Crippen LogP contribution < -0.4 is 15.5 Å². The highest BCUT2D eigenvalue weighted by Gasteiger charge is 2.39. The van der Waals surface area contributed by atoms with E-state index in [0.29, 0.717) is 18.9 Å². The van der Waals surface area contributed by atoms with Crippen LogP contribution >= 0.6 is 0 Å². The van der Waals surface area contributed by atoms with Gasteiger partial charge in [0.25, 0.3) is 5.91 Å². The van der Waals surface area contributed by atoms with Crippen LogP contribution in [0.2, 0.25) is 0 Å². The van der Waals surface area contributed by atoms with Crippen LogP contribution in [0.4, 0.5) is 16.2 Å². The molecule has 2 aromatic carbocycles. The number of carbonyl (C=O) groups excluding carboxylic acids is 2. The summed E-state index contributed by atoms with van der Waals surface area (Å²) in [6.07, 6.45) is -0.529. The Morgan fingerprint density at radius 3 is 2.30 bits per heavy atom. The molecule has 0 saturated heterocycles. The van der Waals surface area contributed by atoms with Crippen molar-refractivity contribution in [3.05, 3.63) is 59.2 Å². The Hall–Kier alpha value is -2.90. The predicted molar refractivity (Wildman–Crippen MR) is 117 cm³/mol. The number of rotatable bonds is 8. The molecule has 0 saturated carbocycles. The smallest absolute Gasteiger partial charge is 0.320 e. The van der Waals surface area contributed by atoms with Crippen molar-refractivity contribution in [2.24, 2.45) is 0 Å². The molecule has 0 radical (unpaired) electrons. The van der Waals surface area contributed by atoms with Gasteiger partial charge in [-0.2, -0.15) is 0 Å². The van der Waals surface area contributed by atoms with Crippen molar-refractivity contribution < 1.29 is 19.1 Å². The number of benzene rings is 2. The molecule has 2 N–H and O–H groups in total. The summed E-state index contributed by atoms with van der Waals surface area (Å²) in [5.41, 5.74) is 4.31. The van der Waals surface area contributed by atoms with Gasteiger partial charge in [-0.15, -0.1) is 0 Å². The van der Waals surface area contributed by atoms with E-state index in [1.807, 2.05) is 70.2 Å². The van der Waals surface area contributed by atoms with Crippen LogP contribution in [0.5, 0.6) is 0 Å². The zero-order chi connectivity index (χ0) is 21.7. The summed E-state index contributed by atoms with van der Waals surface area (Å²) in [7, 11) is 0. The molecule has 0 aromatic heterocycles. The number of fused-ring (bicyclic) bond motifs is 1. The number of hydrogen-bond acceptors (Lipinski definition) is 4. The molecule has 2 aromatic rings. The van der Waals surface area contributed by atoms with Crippen molar-refractivity contribution in [1.29, 1.82) is 0 Å². The highest BCUT2D eigenvalue weighted by atomic mass is 16.7. The maximum Gasteiger partial charge on any atom is 0.320 e. The largest absolute Gasteiger partial charge is 0.351 e. The van der Waals surface area contributed by atoms with E-state index < -0.39 is 18.4 Å². The zero-order valence-electron chi connectivity index (χ0n) is 17.9. The van der Waals surface area contributed by atoms with Crippen molar-refractivity contribution in [2.75, 3.05) is 30.0 Å². The summed E-state index contributed by atoms with van der Waals surface area (Å²) in [5.74, 6) is -0.209. The topological polar surface area (TPSA) is 79.9 Å². The Morgan fingerprint density at radius 1 is 1.03 bits per heavy atom.